The van der Waals surface area contributed by atoms with Crippen LogP contribution in [-0.2, 0) is 0 Å². The van der Waals surface area contributed by atoms with E-state index in [1.54, 1.807) is 0 Å². The summed E-state index contributed by atoms with van der Waals surface area (Å²) in [7, 11) is 0. The van der Waals surface area contributed by atoms with Crippen LogP contribution >= 0.6 is 0 Å². The molecule has 86 valence electrons. The van der Waals surface area contributed by atoms with Crippen molar-refractivity contribution in [3.63, 3.8) is 0 Å². The van der Waals surface area contributed by atoms with Gasteiger partial charge in [-0.2, -0.15) is 0 Å². The van der Waals surface area contributed by atoms with Crippen LogP contribution < -0.4 is 10.5 Å². The largest absolute Gasteiger partial charge is 0.493 e. The highest BCUT2D eigenvalue weighted by molar-refractivity contribution is 5.39. The van der Waals surface area contributed by atoms with E-state index < -0.39 is 0 Å². The summed E-state index contributed by atoms with van der Waals surface area (Å²) in [5.41, 5.74) is 7.53. The zero-order valence-corrected chi connectivity index (χ0v) is 9.56. The first kappa shape index (κ1) is 10.2. The Morgan fingerprint density at radius 3 is 2.94 bits per heavy atom. The van der Waals surface area contributed by atoms with Gasteiger partial charge in [0.1, 0.15) is 5.75 Å². The van der Waals surface area contributed by atoms with E-state index in [4.69, 9.17) is 10.5 Å². The first-order chi connectivity index (χ1) is 7.84. The smallest absolute Gasteiger partial charge is 0.122 e. The van der Waals surface area contributed by atoms with E-state index in [-0.39, 0.29) is 0 Å². The van der Waals surface area contributed by atoms with E-state index in [0.717, 1.165) is 12.4 Å². The van der Waals surface area contributed by atoms with E-state index in [0.29, 0.717) is 17.9 Å². The summed E-state index contributed by atoms with van der Waals surface area (Å²) in [6.07, 6.45) is 5.03. The van der Waals surface area contributed by atoms with Crippen LogP contribution in [0.15, 0.2) is 24.3 Å². The number of para-hydroxylation sites is 1. The van der Waals surface area contributed by atoms with Gasteiger partial charge < -0.3 is 10.5 Å². The minimum Gasteiger partial charge on any atom is -0.493 e. The van der Waals surface area contributed by atoms with E-state index in [1.807, 2.05) is 6.07 Å². The highest BCUT2D eigenvalue weighted by Gasteiger charge is 2.31. The molecule has 2 aliphatic rings. The number of ether oxygens (including phenoxy) is 1. The molecule has 1 aliphatic carbocycles. The molecule has 0 saturated heterocycles. The third-order valence-corrected chi connectivity index (χ3v) is 4.10. The Labute approximate surface area is 96.8 Å². The number of fused-ring (bicyclic) bond motifs is 1. The molecule has 3 rings (SSSR count). The Morgan fingerprint density at radius 1 is 1.25 bits per heavy atom. The van der Waals surface area contributed by atoms with Crippen molar-refractivity contribution in [3.05, 3.63) is 29.8 Å². The van der Waals surface area contributed by atoms with Crippen molar-refractivity contribution in [1.29, 1.82) is 0 Å². The van der Waals surface area contributed by atoms with Gasteiger partial charge in [-0.3, -0.25) is 0 Å². The standard InChI is InChI=1S/C14H19NO/c15-13-6-3-4-10(13)8-11-9-16-14-7-2-1-5-12(11)14/h1-2,5,7,10-11,13H,3-4,6,8-9,15H2. The van der Waals surface area contributed by atoms with Crippen LogP contribution in [0.1, 0.15) is 37.2 Å². The van der Waals surface area contributed by atoms with Gasteiger partial charge in [-0.15, -0.1) is 0 Å². The molecule has 2 N–H and O–H groups in total. The minimum atomic E-state index is 0.424. The lowest BCUT2D eigenvalue weighted by molar-refractivity contribution is 0.300. The topological polar surface area (TPSA) is 35.2 Å². The summed E-state index contributed by atoms with van der Waals surface area (Å²) < 4.78 is 5.72. The van der Waals surface area contributed by atoms with Gasteiger partial charge in [-0.1, -0.05) is 24.6 Å². The SMILES string of the molecule is NC1CCCC1CC1COc2ccccc21. The van der Waals surface area contributed by atoms with Crippen molar-refractivity contribution in [3.8, 4) is 5.75 Å². The first-order valence-electron chi connectivity index (χ1n) is 6.32. The fourth-order valence-electron chi connectivity index (χ4n) is 3.15. The van der Waals surface area contributed by atoms with Gasteiger partial charge in [0, 0.05) is 17.5 Å². The Bertz CT molecular complexity index is 377. The van der Waals surface area contributed by atoms with Crippen molar-refractivity contribution in [2.45, 2.75) is 37.6 Å². The van der Waals surface area contributed by atoms with E-state index in [1.165, 1.54) is 31.2 Å². The second-order valence-corrected chi connectivity index (χ2v) is 5.14. The third kappa shape index (κ3) is 1.71. The lowest BCUT2D eigenvalue weighted by Gasteiger charge is -2.18. The van der Waals surface area contributed by atoms with Crippen LogP contribution in [0.25, 0.3) is 0 Å². The zero-order chi connectivity index (χ0) is 11.0. The Balaban J connectivity index is 1.73. The summed E-state index contributed by atoms with van der Waals surface area (Å²) >= 11 is 0. The van der Waals surface area contributed by atoms with Crippen LogP contribution in [0.5, 0.6) is 5.75 Å². The van der Waals surface area contributed by atoms with Crippen LogP contribution in [0.4, 0.5) is 0 Å². The molecule has 2 heteroatoms. The van der Waals surface area contributed by atoms with Gasteiger partial charge in [-0.05, 0) is 31.2 Å². The molecule has 1 aliphatic heterocycles. The van der Waals surface area contributed by atoms with Gasteiger partial charge in [0.25, 0.3) is 0 Å². The predicted molar refractivity (Wildman–Crippen MR) is 64.6 cm³/mol. The number of benzene rings is 1. The molecule has 3 atom stereocenters. The molecule has 0 bridgehead atoms. The highest BCUT2D eigenvalue weighted by atomic mass is 16.5. The number of nitrogens with two attached hydrogens (primary N) is 1. The molecule has 1 fully saturated rings. The second kappa shape index (κ2) is 4.10. The van der Waals surface area contributed by atoms with Crippen molar-refractivity contribution in [2.75, 3.05) is 6.61 Å². The molecule has 0 aromatic heterocycles. The quantitative estimate of drug-likeness (QED) is 0.826. The third-order valence-electron chi connectivity index (χ3n) is 4.10. The van der Waals surface area contributed by atoms with E-state index in [9.17, 15) is 0 Å². The molecule has 16 heavy (non-hydrogen) atoms. The fraction of sp³-hybridized carbons (Fsp3) is 0.571. The van der Waals surface area contributed by atoms with Crippen LogP contribution in [-0.4, -0.2) is 12.6 Å². The molecule has 0 amide bonds. The lowest BCUT2D eigenvalue weighted by atomic mass is 9.88. The maximum atomic E-state index is 6.14. The monoisotopic (exact) mass is 217 g/mol. The molecule has 0 radical (unpaired) electrons. The average Bonchev–Trinajstić information content (AvgIpc) is 2.88. The number of hydrogen-bond donors (Lipinski definition) is 1. The first-order valence-corrected chi connectivity index (χ1v) is 6.32. The van der Waals surface area contributed by atoms with Crippen LogP contribution in [0.3, 0.4) is 0 Å². The maximum absolute atomic E-state index is 6.14. The molecule has 1 aromatic rings. The van der Waals surface area contributed by atoms with Crippen LogP contribution in [0, 0.1) is 5.92 Å². The summed E-state index contributed by atoms with van der Waals surface area (Å²) in [5.74, 6) is 2.36. The average molecular weight is 217 g/mol. The van der Waals surface area contributed by atoms with Gasteiger partial charge in [0.15, 0.2) is 0 Å². The lowest BCUT2D eigenvalue weighted by Crippen LogP contribution is -2.26. The highest BCUT2D eigenvalue weighted by Crippen LogP contribution is 2.40. The van der Waals surface area contributed by atoms with Gasteiger partial charge in [0.2, 0.25) is 0 Å². The van der Waals surface area contributed by atoms with Crippen LogP contribution in [0.2, 0.25) is 0 Å². The summed E-state index contributed by atoms with van der Waals surface area (Å²) in [6, 6.07) is 8.85. The van der Waals surface area contributed by atoms with Crippen molar-refractivity contribution >= 4 is 0 Å². The zero-order valence-electron chi connectivity index (χ0n) is 9.56. The Hall–Kier alpha value is -1.02. The van der Waals surface area contributed by atoms with Gasteiger partial charge in [-0.25, -0.2) is 0 Å². The van der Waals surface area contributed by atoms with E-state index >= 15 is 0 Å². The maximum Gasteiger partial charge on any atom is 0.122 e. The van der Waals surface area contributed by atoms with Gasteiger partial charge >= 0.3 is 0 Å². The molecular formula is C14H19NO. The molecule has 0 spiro atoms. The number of hydrogen-bond acceptors (Lipinski definition) is 2. The molecule has 1 heterocycles. The van der Waals surface area contributed by atoms with Crippen molar-refractivity contribution < 1.29 is 4.74 Å². The molecular weight excluding hydrogens is 198 g/mol. The summed E-state index contributed by atoms with van der Waals surface area (Å²) in [5, 5.41) is 0. The fourth-order valence-corrected chi connectivity index (χ4v) is 3.15. The molecule has 2 nitrogen and oxygen atoms in total. The van der Waals surface area contributed by atoms with Crippen molar-refractivity contribution in [1.82, 2.24) is 0 Å². The number of rotatable bonds is 2. The summed E-state index contributed by atoms with van der Waals surface area (Å²) in [6.45, 7) is 0.850. The predicted octanol–water partition coefficient (Wildman–Crippen LogP) is 2.68. The second-order valence-electron chi connectivity index (χ2n) is 5.14. The molecule has 1 saturated carbocycles. The van der Waals surface area contributed by atoms with Gasteiger partial charge in [0.05, 0.1) is 6.61 Å². The minimum absolute atomic E-state index is 0.424. The normalized spacial score (nSPS) is 32.4. The van der Waals surface area contributed by atoms with E-state index in [2.05, 4.69) is 18.2 Å². The summed E-state index contributed by atoms with van der Waals surface area (Å²) in [4.78, 5) is 0. The Morgan fingerprint density at radius 2 is 2.12 bits per heavy atom. The molecule has 3 unspecified atom stereocenters. The Kier molecular flexibility index (Phi) is 2.60. The van der Waals surface area contributed by atoms with Crippen molar-refractivity contribution in [2.24, 2.45) is 11.7 Å². The molecule has 1 aromatic carbocycles.